The second-order valence-corrected chi connectivity index (χ2v) is 3.06. The maximum atomic E-state index is 8.60. The van der Waals surface area contributed by atoms with Crippen molar-refractivity contribution in [3.8, 4) is 5.40 Å². The van der Waals surface area contributed by atoms with E-state index in [1.807, 2.05) is 25.1 Å². The highest BCUT2D eigenvalue weighted by atomic mass is 32.2. The van der Waals surface area contributed by atoms with Crippen molar-refractivity contribution in [2.45, 2.75) is 18.8 Å². The molecule has 3 nitrogen and oxygen atoms in total. The van der Waals surface area contributed by atoms with Crippen molar-refractivity contribution in [3.63, 3.8) is 0 Å². The van der Waals surface area contributed by atoms with E-state index < -0.39 is 5.44 Å². The molecule has 0 bridgehead atoms. The minimum absolute atomic E-state index is 0.495. The molecule has 4 heteroatoms. The molecule has 0 amide bonds. The number of aliphatic hydroxyl groups is 1. The van der Waals surface area contributed by atoms with Crippen LogP contribution in [0.3, 0.4) is 0 Å². The fourth-order valence-electron chi connectivity index (χ4n) is 0.457. The fraction of sp³-hybridized carbons (Fsp3) is 0.333. The zero-order valence-corrected chi connectivity index (χ0v) is 8.24. The second-order valence-electron chi connectivity index (χ2n) is 2.10. The first-order valence-corrected chi connectivity index (χ1v) is 4.77. The van der Waals surface area contributed by atoms with Crippen LogP contribution in [0.4, 0.5) is 0 Å². The standard InChI is InChI=1S/C5H5N.C4H7NOS/c1-2-4-6-5-3-1;1-2-4(6)7-3-5/h1-5H;4,6H,2H2,1H3. The smallest absolute Gasteiger partial charge is 0.136 e. The molecule has 1 aromatic heterocycles. The topological polar surface area (TPSA) is 56.9 Å². The van der Waals surface area contributed by atoms with Crippen LogP contribution in [-0.4, -0.2) is 15.5 Å². The van der Waals surface area contributed by atoms with E-state index in [0.717, 1.165) is 11.8 Å². The molecule has 1 atom stereocenters. The number of nitrogens with zero attached hydrogens (tertiary/aromatic N) is 2. The Hall–Kier alpha value is -1.05. The van der Waals surface area contributed by atoms with Gasteiger partial charge in [-0.05, 0) is 30.3 Å². The molecule has 0 saturated heterocycles. The lowest BCUT2D eigenvalue weighted by Crippen LogP contribution is -1.93. The molecule has 0 saturated carbocycles. The van der Waals surface area contributed by atoms with Crippen LogP contribution in [0.5, 0.6) is 0 Å². The summed E-state index contributed by atoms with van der Waals surface area (Å²) in [5.41, 5.74) is -0.495. The molecule has 1 rings (SSSR count). The van der Waals surface area contributed by atoms with Gasteiger partial charge in [0.25, 0.3) is 0 Å². The summed E-state index contributed by atoms with van der Waals surface area (Å²) in [5.74, 6) is 0. The van der Waals surface area contributed by atoms with Crippen LogP contribution >= 0.6 is 11.8 Å². The van der Waals surface area contributed by atoms with E-state index in [2.05, 4.69) is 4.98 Å². The summed E-state index contributed by atoms with van der Waals surface area (Å²) in [4.78, 5) is 3.78. The number of pyridine rings is 1. The van der Waals surface area contributed by atoms with Crippen molar-refractivity contribution < 1.29 is 5.11 Å². The van der Waals surface area contributed by atoms with Gasteiger partial charge in [-0.3, -0.25) is 4.98 Å². The van der Waals surface area contributed by atoms with Gasteiger partial charge in [0.05, 0.1) is 0 Å². The average Bonchev–Trinajstić information content (AvgIpc) is 2.22. The van der Waals surface area contributed by atoms with E-state index in [1.54, 1.807) is 17.8 Å². The van der Waals surface area contributed by atoms with E-state index >= 15 is 0 Å². The quantitative estimate of drug-likeness (QED) is 0.580. The van der Waals surface area contributed by atoms with Crippen molar-refractivity contribution in [2.75, 3.05) is 0 Å². The number of aromatic nitrogens is 1. The first kappa shape index (κ1) is 11.9. The second kappa shape index (κ2) is 9.04. The summed E-state index contributed by atoms with van der Waals surface area (Å²) in [6.07, 6.45) is 4.14. The Morgan fingerprint density at radius 3 is 2.23 bits per heavy atom. The number of thioether (sulfide) groups is 1. The van der Waals surface area contributed by atoms with E-state index in [0.29, 0.717) is 6.42 Å². The lowest BCUT2D eigenvalue weighted by atomic mass is 10.5. The van der Waals surface area contributed by atoms with Gasteiger partial charge >= 0.3 is 0 Å². The Morgan fingerprint density at radius 2 is 2.08 bits per heavy atom. The molecule has 1 heterocycles. The van der Waals surface area contributed by atoms with Gasteiger partial charge in [-0.25, -0.2) is 0 Å². The number of nitriles is 1. The summed E-state index contributed by atoms with van der Waals surface area (Å²) in [5, 5.41) is 18.3. The Bertz CT molecular complexity index is 208. The highest BCUT2D eigenvalue weighted by Crippen LogP contribution is 2.07. The van der Waals surface area contributed by atoms with Crippen molar-refractivity contribution in [1.82, 2.24) is 4.98 Å². The summed E-state index contributed by atoms with van der Waals surface area (Å²) in [7, 11) is 0. The molecule has 70 valence electrons. The highest BCUT2D eigenvalue weighted by molar-refractivity contribution is 8.04. The molecule has 1 aromatic rings. The monoisotopic (exact) mass is 196 g/mol. The van der Waals surface area contributed by atoms with E-state index in [-0.39, 0.29) is 0 Å². The van der Waals surface area contributed by atoms with Gasteiger partial charge in [0.15, 0.2) is 0 Å². The molecule has 13 heavy (non-hydrogen) atoms. The largest absolute Gasteiger partial charge is 0.381 e. The van der Waals surface area contributed by atoms with Crippen LogP contribution in [0, 0.1) is 10.7 Å². The summed E-state index contributed by atoms with van der Waals surface area (Å²) in [6.45, 7) is 1.83. The summed E-state index contributed by atoms with van der Waals surface area (Å²) in [6, 6.07) is 5.72. The van der Waals surface area contributed by atoms with E-state index in [1.165, 1.54) is 0 Å². The Balaban J connectivity index is 0.000000223. The third-order valence-electron chi connectivity index (χ3n) is 1.10. The van der Waals surface area contributed by atoms with Gasteiger partial charge in [-0.1, -0.05) is 13.0 Å². The normalized spacial score (nSPS) is 10.5. The molecule has 0 radical (unpaired) electrons. The van der Waals surface area contributed by atoms with Crippen molar-refractivity contribution in [3.05, 3.63) is 30.6 Å². The van der Waals surface area contributed by atoms with Gasteiger partial charge in [0.2, 0.25) is 0 Å². The SMILES string of the molecule is CCC(O)SC#N.c1ccncc1. The van der Waals surface area contributed by atoms with Crippen molar-refractivity contribution in [2.24, 2.45) is 0 Å². The molecular weight excluding hydrogens is 184 g/mol. The Kier molecular flexibility index (Phi) is 8.31. The van der Waals surface area contributed by atoms with Gasteiger partial charge in [0, 0.05) is 12.4 Å². The Labute approximate surface area is 82.4 Å². The molecular formula is C9H12N2OS. The molecule has 1 unspecified atom stereocenters. The van der Waals surface area contributed by atoms with E-state index in [4.69, 9.17) is 10.4 Å². The first-order chi connectivity index (χ1) is 6.31. The molecule has 0 aromatic carbocycles. The minimum Gasteiger partial charge on any atom is -0.381 e. The van der Waals surface area contributed by atoms with Crippen LogP contribution in [0.2, 0.25) is 0 Å². The van der Waals surface area contributed by atoms with Gasteiger partial charge in [0.1, 0.15) is 10.8 Å². The van der Waals surface area contributed by atoms with Crippen LogP contribution in [0.1, 0.15) is 13.3 Å². The molecule has 0 aliphatic rings. The third-order valence-corrected chi connectivity index (χ3v) is 1.82. The number of aliphatic hydroxyl groups excluding tert-OH is 1. The molecule has 0 aliphatic carbocycles. The highest BCUT2D eigenvalue weighted by Gasteiger charge is 1.95. The lowest BCUT2D eigenvalue weighted by Gasteiger charge is -1.95. The molecule has 0 fully saturated rings. The summed E-state index contributed by atoms with van der Waals surface area (Å²) < 4.78 is 0. The molecule has 0 aliphatic heterocycles. The van der Waals surface area contributed by atoms with Gasteiger partial charge < -0.3 is 5.11 Å². The minimum atomic E-state index is -0.495. The van der Waals surface area contributed by atoms with Crippen LogP contribution in [0.15, 0.2) is 30.6 Å². The van der Waals surface area contributed by atoms with Crippen LogP contribution in [0.25, 0.3) is 0 Å². The van der Waals surface area contributed by atoms with Crippen LogP contribution < -0.4 is 0 Å². The average molecular weight is 196 g/mol. The first-order valence-electron chi connectivity index (χ1n) is 3.89. The third kappa shape index (κ3) is 8.86. The van der Waals surface area contributed by atoms with Gasteiger partial charge in [-0.2, -0.15) is 5.26 Å². The zero-order valence-electron chi connectivity index (χ0n) is 7.42. The lowest BCUT2D eigenvalue weighted by molar-refractivity contribution is 0.260. The summed E-state index contributed by atoms with van der Waals surface area (Å²) >= 11 is 0.892. The number of hydrogen-bond acceptors (Lipinski definition) is 4. The maximum absolute atomic E-state index is 8.60. The number of hydrogen-bond donors (Lipinski definition) is 1. The van der Waals surface area contributed by atoms with Crippen molar-refractivity contribution in [1.29, 1.82) is 5.26 Å². The number of thiocyanates is 1. The molecule has 0 spiro atoms. The van der Waals surface area contributed by atoms with Gasteiger partial charge in [-0.15, -0.1) is 0 Å². The fourth-order valence-corrected chi connectivity index (χ4v) is 0.745. The zero-order chi connectivity index (χ0) is 9.94. The van der Waals surface area contributed by atoms with Crippen LogP contribution in [-0.2, 0) is 0 Å². The number of rotatable bonds is 2. The Morgan fingerprint density at radius 1 is 1.46 bits per heavy atom. The molecule has 1 N–H and O–H groups in total. The maximum Gasteiger partial charge on any atom is 0.136 e. The predicted octanol–water partition coefficient (Wildman–Crippen LogP) is 2.01. The van der Waals surface area contributed by atoms with Crippen molar-refractivity contribution >= 4 is 11.8 Å². The predicted molar refractivity (Wildman–Crippen MR) is 53.7 cm³/mol. The van der Waals surface area contributed by atoms with E-state index in [9.17, 15) is 0 Å².